The van der Waals surface area contributed by atoms with Gasteiger partial charge in [-0.1, -0.05) is 35.9 Å². The number of hydrogen-bond donors (Lipinski definition) is 1. The van der Waals surface area contributed by atoms with Gasteiger partial charge in [-0.15, -0.1) is 0 Å². The second-order valence-electron chi connectivity index (χ2n) is 4.42. The Hall–Kier alpha value is -2.00. The molecule has 19 heavy (non-hydrogen) atoms. The zero-order valence-corrected chi connectivity index (χ0v) is 11.2. The summed E-state index contributed by atoms with van der Waals surface area (Å²) in [6.07, 6.45) is -0.633. The molecule has 1 atom stereocenters. The van der Waals surface area contributed by atoms with Crippen LogP contribution in [0.3, 0.4) is 0 Å². The van der Waals surface area contributed by atoms with Gasteiger partial charge in [0.1, 0.15) is 24.2 Å². The summed E-state index contributed by atoms with van der Waals surface area (Å²) in [5.74, 6) is 1.42. The Morgan fingerprint density at radius 2 is 1.79 bits per heavy atom. The third kappa shape index (κ3) is 3.73. The number of aryl methyl sites for hydroxylation is 1. The van der Waals surface area contributed by atoms with Crippen LogP contribution in [0.4, 0.5) is 0 Å². The van der Waals surface area contributed by atoms with Crippen molar-refractivity contribution in [3.63, 3.8) is 0 Å². The zero-order valence-electron chi connectivity index (χ0n) is 11.2. The third-order valence-electron chi connectivity index (χ3n) is 2.88. The van der Waals surface area contributed by atoms with Crippen molar-refractivity contribution < 1.29 is 14.6 Å². The highest BCUT2D eigenvalue weighted by molar-refractivity contribution is 5.33. The van der Waals surface area contributed by atoms with Crippen LogP contribution in [0.25, 0.3) is 0 Å². The van der Waals surface area contributed by atoms with E-state index in [4.69, 9.17) is 9.47 Å². The van der Waals surface area contributed by atoms with E-state index in [2.05, 4.69) is 0 Å². The predicted molar refractivity (Wildman–Crippen MR) is 74.6 cm³/mol. The first-order valence-corrected chi connectivity index (χ1v) is 6.20. The smallest absolute Gasteiger partial charge is 0.123 e. The van der Waals surface area contributed by atoms with Crippen molar-refractivity contribution in [2.45, 2.75) is 13.0 Å². The van der Waals surface area contributed by atoms with Crippen molar-refractivity contribution in [2.24, 2.45) is 0 Å². The van der Waals surface area contributed by atoms with Gasteiger partial charge in [0.05, 0.1) is 7.11 Å². The summed E-state index contributed by atoms with van der Waals surface area (Å²) in [4.78, 5) is 0. The molecule has 0 fully saturated rings. The van der Waals surface area contributed by atoms with Crippen molar-refractivity contribution in [2.75, 3.05) is 13.7 Å². The minimum atomic E-state index is -0.633. The molecule has 100 valence electrons. The number of ether oxygens (including phenoxy) is 2. The molecule has 0 aliphatic rings. The molecule has 0 aliphatic heterocycles. The molecule has 2 aromatic rings. The molecule has 3 heteroatoms. The van der Waals surface area contributed by atoms with Crippen molar-refractivity contribution >= 4 is 0 Å². The normalized spacial score (nSPS) is 11.9. The van der Waals surface area contributed by atoms with Crippen LogP contribution in [-0.2, 0) is 0 Å². The highest BCUT2D eigenvalue weighted by Gasteiger charge is 2.08. The van der Waals surface area contributed by atoms with Crippen LogP contribution in [0.5, 0.6) is 11.5 Å². The fourth-order valence-electron chi connectivity index (χ4n) is 1.84. The molecule has 2 aromatic carbocycles. The van der Waals surface area contributed by atoms with E-state index in [9.17, 15) is 5.11 Å². The molecule has 0 amide bonds. The quantitative estimate of drug-likeness (QED) is 0.895. The van der Waals surface area contributed by atoms with Crippen LogP contribution in [0, 0.1) is 6.92 Å². The summed E-state index contributed by atoms with van der Waals surface area (Å²) in [6.45, 7) is 2.22. The molecular formula is C16H18O3. The van der Waals surface area contributed by atoms with Gasteiger partial charge in [-0.3, -0.25) is 0 Å². The number of aliphatic hydroxyl groups excluding tert-OH is 1. The summed E-state index contributed by atoms with van der Waals surface area (Å²) in [6, 6.07) is 15.1. The van der Waals surface area contributed by atoms with Gasteiger partial charge >= 0.3 is 0 Å². The summed E-state index contributed by atoms with van der Waals surface area (Å²) in [7, 11) is 1.61. The van der Waals surface area contributed by atoms with Crippen LogP contribution in [0.2, 0.25) is 0 Å². The molecular weight excluding hydrogens is 240 g/mol. The highest BCUT2D eigenvalue weighted by atomic mass is 16.5. The highest BCUT2D eigenvalue weighted by Crippen LogP contribution is 2.21. The Kier molecular flexibility index (Phi) is 4.42. The fraction of sp³-hybridized carbons (Fsp3) is 0.250. The van der Waals surface area contributed by atoms with Gasteiger partial charge in [0.15, 0.2) is 0 Å². The van der Waals surface area contributed by atoms with Gasteiger partial charge in [0.25, 0.3) is 0 Å². The SMILES string of the molecule is COc1cccc(OCC(O)c2cccc(C)c2)c1. The molecule has 0 saturated heterocycles. The Bertz CT molecular complexity index is 537. The second-order valence-corrected chi connectivity index (χ2v) is 4.42. The first-order valence-electron chi connectivity index (χ1n) is 6.20. The summed E-state index contributed by atoms with van der Waals surface area (Å²) in [5, 5.41) is 10.1. The summed E-state index contributed by atoms with van der Waals surface area (Å²) in [5.41, 5.74) is 1.99. The fourth-order valence-corrected chi connectivity index (χ4v) is 1.84. The van der Waals surface area contributed by atoms with E-state index in [0.717, 1.165) is 16.9 Å². The minimum absolute atomic E-state index is 0.219. The molecule has 0 aliphatic carbocycles. The molecule has 0 radical (unpaired) electrons. The molecule has 0 saturated carbocycles. The maximum Gasteiger partial charge on any atom is 0.123 e. The van der Waals surface area contributed by atoms with Crippen LogP contribution in [0.1, 0.15) is 17.2 Å². The van der Waals surface area contributed by atoms with Gasteiger partial charge in [0.2, 0.25) is 0 Å². The van der Waals surface area contributed by atoms with Gasteiger partial charge < -0.3 is 14.6 Å². The lowest BCUT2D eigenvalue weighted by molar-refractivity contribution is 0.108. The summed E-state index contributed by atoms with van der Waals surface area (Å²) < 4.78 is 10.7. The first-order chi connectivity index (χ1) is 9.19. The van der Waals surface area contributed by atoms with E-state index in [0.29, 0.717) is 5.75 Å². The lowest BCUT2D eigenvalue weighted by atomic mass is 10.1. The molecule has 0 heterocycles. The molecule has 0 bridgehead atoms. The Balaban J connectivity index is 1.98. The average Bonchev–Trinajstić information content (AvgIpc) is 2.45. The van der Waals surface area contributed by atoms with E-state index >= 15 is 0 Å². The van der Waals surface area contributed by atoms with Crippen molar-refractivity contribution in [1.29, 1.82) is 0 Å². The van der Waals surface area contributed by atoms with Crippen LogP contribution < -0.4 is 9.47 Å². The molecule has 0 spiro atoms. The number of benzene rings is 2. The van der Waals surface area contributed by atoms with Gasteiger partial charge in [-0.25, -0.2) is 0 Å². The number of methoxy groups -OCH3 is 1. The standard InChI is InChI=1S/C16H18O3/c1-12-5-3-6-13(9-12)16(17)11-19-15-8-4-7-14(10-15)18-2/h3-10,16-17H,11H2,1-2H3. The van der Waals surface area contributed by atoms with Crippen molar-refractivity contribution in [1.82, 2.24) is 0 Å². The minimum Gasteiger partial charge on any atom is -0.497 e. The zero-order chi connectivity index (χ0) is 13.7. The van der Waals surface area contributed by atoms with E-state index in [1.54, 1.807) is 13.2 Å². The Morgan fingerprint density at radius 1 is 1.05 bits per heavy atom. The van der Waals surface area contributed by atoms with Crippen LogP contribution >= 0.6 is 0 Å². The topological polar surface area (TPSA) is 38.7 Å². The largest absolute Gasteiger partial charge is 0.497 e. The third-order valence-corrected chi connectivity index (χ3v) is 2.88. The first kappa shape index (κ1) is 13.4. The molecule has 0 aromatic heterocycles. The average molecular weight is 258 g/mol. The lowest BCUT2D eigenvalue weighted by Gasteiger charge is -2.13. The van der Waals surface area contributed by atoms with Crippen molar-refractivity contribution in [3.8, 4) is 11.5 Å². The van der Waals surface area contributed by atoms with E-state index in [-0.39, 0.29) is 6.61 Å². The van der Waals surface area contributed by atoms with Gasteiger partial charge in [-0.2, -0.15) is 0 Å². The number of aliphatic hydroxyl groups is 1. The monoisotopic (exact) mass is 258 g/mol. The van der Waals surface area contributed by atoms with E-state index in [1.807, 2.05) is 49.4 Å². The predicted octanol–water partition coefficient (Wildman–Crippen LogP) is 3.12. The molecule has 1 N–H and O–H groups in total. The van der Waals surface area contributed by atoms with Gasteiger partial charge in [-0.05, 0) is 24.6 Å². The lowest BCUT2D eigenvalue weighted by Crippen LogP contribution is -2.09. The van der Waals surface area contributed by atoms with Crippen LogP contribution in [-0.4, -0.2) is 18.8 Å². The van der Waals surface area contributed by atoms with Crippen molar-refractivity contribution in [3.05, 3.63) is 59.7 Å². The van der Waals surface area contributed by atoms with Crippen LogP contribution in [0.15, 0.2) is 48.5 Å². The van der Waals surface area contributed by atoms with Gasteiger partial charge in [0, 0.05) is 6.07 Å². The molecule has 3 nitrogen and oxygen atoms in total. The number of hydrogen-bond acceptors (Lipinski definition) is 3. The second kappa shape index (κ2) is 6.25. The summed E-state index contributed by atoms with van der Waals surface area (Å²) >= 11 is 0. The molecule has 2 rings (SSSR count). The molecule has 1 unspecified atom stereocenters. The Labute approximate surface area is 113 Å². The maximum absolute atomic E-state index is 10.1. The Morgan fingerprint density at radius 3 is 2.53 bits per heavy atom. The van der Waals surface area contributed by atoms with E-state index in [1.165, 1.54) is 0 Å². The maximum atomic E-state index is 10.1. The number of rotatable bonds is 5. The van der Waals surface area contributed by atoms with E-state index < -0.39 is 6.10 Å².